The lowest BCUT2D eigenvalue weighted by molar-refractivity contribution is -0.122. The predicted octanol–water partition coefficient (Wildman–Crippen LogP) is 4.83. The van der Waals surface area contributed by atoms with Gasteiger partial charge in [-0.2, -0.15) is 4.31 Å². The minimum Gasteiger partial charge on any atom is -0.348 e. The molecule has 1 N–H and O–H groups in total. The van der Waals surface area contributed by atoms with Gasteiger partial charge in [-0.1, -0.05) is 76.1 Å². The van der Waals surface area contributed by atoms with E-state index in [1.807, 2.05) is 68.4 Å². The van der Waals surface area contributed by atoms with Crippen LogP contribution in [0.5, 0.6) is 0 Å². The number of hydrogen-bond donors (Lipinski definition) is 1. The van der Waals surface area contributed by atoms with Crippen LogP contribution in [0.25, 0.3) is 0 Å². The van der Waals surface area contributed by atoms with Gasteiger partial charge in [0.05, 0.1) is 17.5 Å². The molecule has 5 nitrogen and oxygen atoms in total. The van der Waals surface area contributed by atoms with Crippen molar-refractivity contribution in [2.45, 2.75) is 31.3 Å². The van der Waals surface area contributed by atoms with Crippen LogP contribution < -0.4 is 5.32 Å². The van der Waals surface area contributed by atoms with Crippen molar-refractivity contribution in [3.8, 4) is 0 Å². The van der Waals surface area contributed by atoms with Gasteiger partial charge in [-0.3, -0.25) is 4.79 Å². The lowest BCUT2D eigenvalue weighted by Gasteiger charge is -2.23. The highest BCUT2D eigenvalue weighted by molar-refractivity contribution is 9.10. The van der Waals surface area contributed by atoms with Crippen molar-refractivity contribution in [1.82, 2.24) is 9.62 Å². The van der Waals surface area contributed by atoms with Crippen molar-refractivity contribution >= 4 is 31.9 Å². The Morgan fingerprint density at radius 2 is 1.58 bits per heavy atom. The number of benzene rings is 3. The summed E-state index contributed by atoms with van der Waals surface area (Å²) in [6, 6.07) is 23.3. The second-order valence-electron chi connectivity index (χ2n) is 7.41. The van der Waals surface area contributed by atoms with Crippen molar-refractivity contribution in [2.75, 3.05) is 6.54 Å². The average Bonchev–Trinajstić information content (AvgIpc) is 2.74. The first-order valence-corrected chi connectivity index (χ1v) is 12.1. The molecule has 0 aliphatic heterocycles. The molecule has 0 radical (unpaired) electrons. The van der Waals surface area contributed by atoms with Crippen LogP contribution in [-0.2, 0) is 21.4 Å². The predicted molar refractivity (Wildman–Crippen MR) is 126 cm³/mol. The van der Waals surface area contributed by atoms with Gasteiger partial charge in [0.25, 0.3) is 0 Å². The molecule has 0 saturated carbocycles. The lowest BCUT2D eigenvalue weighted by atomic mass is 10.1. The maximum absolute atomic E-state index is 13.3. The van der Waals surface area contributed by atoms with Gasteiger partial charge in [-0.05, 0) is 49.2 Å². The molecule has 0 aliphatic rings. The fourth-order valence-electron chi connectivity index (χ4n) is 3.15. The molecule has 31 heavy (non-hydrogen) atoms. The summed E-state index contributed by atoms with van der Waals surface area (Å²) in [7, 11) is -3.85. The van der Waals surface area contributed by atoms with E-state index < -0.39 is 10.0 Å². The number of nitrogens with one attached hydrogen (secondary N) is 1. The third-order valence-corrected chi connectivity index (χ3v) is 7.26. The van der Waals surface area contributed by atoms with Crippen LogP contribution in [-0.4, -0.2) is 25.2 Å². The van der Waals surface area contributed by atoms with Gasteiger partial charge < -0.3 is 5.32 Å². The van der Waals surface area contributed by atoms with Gasteiger partial charge >= 0.3 is 0 Å². The number of sulfonamides is 1. The number of halogens is 1. The second-order valence-corrected chi connectivity index (χ2v) is 10.3. The van der Waals surface area contributed by atoms with E-state index in [9.17, 15) is 13.2 Å². The van der Waals surface area contributed by atoms with Gasteiger partial charge in [0, 0.05) is 11.0 Å². The van der Waals surface area contributed by atoms with Crippen molar-refractivity contribution in [1.29, 1.82) is 0 Å². The topological polar surface area (TPSA) is 66.5 Å². The molecule has 0 saturated heterocycles. The molecule has 0 heterocycles. The molecule has 0 aromatic heterocycles. The van der Waals surface area contributed by atoms with Crippen LogP contribution in [0.15, 0.2) is 88.2 Å². The standard InChI is InChI=1S/C24H25BrN2O3S/c1-18-8-14-23(15-9-18)31(29,30)27(16-20-6-4-3-5-7-20)17-24(28)26-19(2)21-10-12-22(25)13-11-21/h3-15,19H,16-17H2,1-2H3,(H,26,28)/t19-/m0/s1. The van der Waals surface area contributed by atoms with Crippen LogP contribution in [0.2, 0.25) is 0 Å². The van der Waals surface area contributed by atoms with Crippen molar-refractivity contribution < 1.29 is 13.2 Å². The Labute approximate surface area is 192 Å². The zero-order chi connectivity index (χ0) is 22.4. The first-order chi connectivity index (χ1) is 14.8. The molecule has 1 atom stereocenters. The van der Waals surface area contributed by atoms with Gasteiger partial charge in [0.15, 0.2) is 0 Å². The molecule has 0 aliphatic carbocycles. The van der Waals surface area contributed by atoms with Crippen LogP contribution in [0.3, 0.4) is 0 Å². The van der Waals surface area contributed by atoms with Gasteiger partial charge in [0.2, 0.25) is 15.9 Å². The minimum absolute atomic E-state index is 0.108. The number of hydrogen-bond acceptors (Lipinski definition) is 3. The summed E-state index contributed by atoms with van der Waals surface area (Å²) in [6.45, 7) is 3.61. The zero-order valence-corrected chi connectivity index (χ0v) is 19.9. The Bertz CT molecular complexity index is 1120. The Morgan fingerprint density at radius 1 is 0.968 bits per heavy atom. The number of carbonyl (C=O) groups excluding carboxylic acids is 1. The number of carbonyl (C=O) groups is 1. The van der Waals surface area contributed by atoms with E-state index in [1.54, 1.807) is 24.3 Å². The molecule has 0 unspecified atom stereocenters. The molecule has 1 amide bonds. The maximum Gasteiger partial charge on any atom is 0.243 e. The SMILES string of the molecule is Cc1ccc(S(=O)(=O)N(CC(=O)N[C@@H](C)c2ccc(Br)cc2)Cc2ccccc2)cc1. The Balaban J connectivity index is 1.81. The summed E-state index contributed by atoms with van der Waals surface area (Å²) in [6.07, 6.45) is 0. The van der Waals surface area contributed by atoms with E-state index in [0.717, 1.165) is 21.2 Å². The molecule has 0 fully saturated rings. The van der Waals surface area contributed by atoms with Crippen molar-refractivity contribution in [3.05, 3.63) is 100 Å². The molecule has 3 aromatic carbocycles. The molecule has 162 valence electrons. The van der Waals surface area contributed by atoms with Crippen LogP contribution >= 0.6 is 15.9 Å². The Hall–Kier alpha value is -2.48. The molecule has 0 spiro atoms. The quantitative estimate of drug-likeness (QED) is 0.481. The molecule has 7 heteroatoms. The third kappa shape index (κ3) is 6.26. The number of amides is 1. The summed E-state index contributed by atoms with van der Waals surface area (Å²) in [5.41, 5.74) is 2.72. The summed E-state index contributed by atoms with van der Waals surface area (Å²) >= 11 is 3.40. The monoisotopic (exact) mass is 500 g/mol. The van der Waals surface area contributed by atoms with E-state index in [-0.39, 0.29) is 29.9 Å². The van der Waals surface area contributed by atoms with Crippen molar-refractivity contribution in [3.63, 3.8) is 0 Å². The van der Waals surface area contributed by atoms with Gasteiger partial charge in [-0.25, -0.2) is 8.42 Å². The van der Waals surface area contributed by atoms with E-state index in [2.05, 4.69) is 21.2 Å². The average molecular weight is 501 g/mol. The van der Waals surface area contributed by atoms with E-state index in [1.165, 1.54) is 4.31 Å². The van der Waals surface area contributed by atoms with Crippen LogP contribution in [0.4, 0.5) is 0 Å². The summed E-state index contributed by atoms with van der Waals surface area (Å²) in [4.78, 5) is 13.0. The molecule has 0 bridgehead atoms. The highest BCUT2D eigenvalue weighted by Gasteiger charge is 2.27. The highest BCUT2D eigenvalue weighted by atomic mass is 79.9. The second kappa shape index (κ2) is 10.2. The lowest BCUT2D eigenvalue weighted by Crippen LogP contribution is -2.41. The normalized spacial score (nSPS) is 12.5. The fourth-order valence-corrected chi connectivity index (χ4v) is 4.80. The fraction of sp³-hybridized carbons (Fsp3) is 0.208. The first kappa shape index (κ1) is 23.2. The van der Waals surface area contributed by atoms with Crippen LogP contribution in [0, 0.1) is 6.92 Å². The maximum atomic E-state index is 13.3. The molecule has 3 aromatic rings. The van der Waals surface area contributed by atoms with E-state index in [0.29, 0.717) is 0 Å². The molecule has 3 rings (SSSR count). The van der Waals surface area contributed by atoms with Crippen LogP contribution in [0.1, 0.15) is 29.7 Å². The number of nitrogens with zero attached hydrogens (tertiary/aromatic N) is 1. The summed E-state index contributed by atoms with van der Waals surface area (Å²) in [5.74, 6) is -0.359. The summed E-state index contributed by atoms with van der Waals surface area (Å²) in [5, 5.41) is 2.90. The minimum atomic E-state index is -3.85. The first-order valence-electron chi connectivity index (χ1n) is 9.91. The third-order valence-electron chi connectivity index (χ3n) is 4.93. The van der Waals surface area contributed by atoms with E-state index >= 15 is 0 Å². The number of aryl methyl sites for hydroxylation is 1. The largest absolute Gasteiger partial charge is 0.348 e. The van der Waals surface area contributed by atoms with E-state index in [4.69, 9.17) is 0 Å². The smallest absolute Gasteiger partial charge is 0.243 e. The van der Waals surface area contributed by atoms with Gasteiger partial charge in [0.1, 0.15) is 0 Å². The Kier molecular flexibility index (Phi) is 7.64. The summed E-state index contributed by atoms with van der Waals surface area (Å²) < 4.78 is 28.8. The zero-order valence-electron chi connectivity index (χ0n) is 17.5. The number of rotatable bonds is 8. The van der Waals surface area contributed by atoms with Gasteiger partial charge in [-0.15, -0.1) is 0 Å². The Morgan fingerprint density at radius 3 is 2.19 bits per heavy atom. The van der Waals surface area contributed by atoms with Crippen molar-refractivity contribution in [2.24, 2.45) is 0 Å². The molecular weight excluding hydrogens is 476 g/mol. The molecular formula is C24H25BrN2O3S. The highest BCUT2D eigenvalue weighted by Crippen LogP contribution is 2.20.